The number of thiazole rings is 1. The summed E-state index contributed by atoms with van der Waals surface area (Å²) in [5, 5.41) is 3.51. The van der Waals surface area contributed by atoms with Gasteiger partial charge in [0.15, 0.2) is 0 Å². The van der Waals surface area contributed by atoms with Crippen LogP contribution in [0, 0.1) is 0 Å². The highest BCUT2D eigenvalue weighted by molar-refractivity contribution is 7.10. The molecule has 3 heteroatoms. The van der Waals surface area contributed by atoms with Gasteiger partial charge in [-0.2, -0.15) is 0 Å². The van der Waals surface area contributed by atoms with E-state index < -0.39 is 0 Å². The molecule has 2 aromatic rings. The van der Waals surface area contributed by atoms with Crippen molar-refractivity contribution in [1.82, 2.24) is 4.98 Å². The molecule has 25 heavy (non-hydrogen) atoms. The van der Waals surface area contributed by atoms with E-state index in [2.05, 4.69) is 65.1 Å². The molecule has 1 saturated heterocycles. The lowest BCUT2D eigenvalue weighted by Crippen LogP contribution is -2.16. The summed E-state index contributed by atoms with van der Waals surface area (Å²) in [5.41, 5.74) is 5.42. The van der Waals surface area contributed by atoms with Gasteiger partial charge in [-0.25, -0.2) is 4.98 Å². The fourth-order valence-electron chi connectivity index (χ4n) is 3.19. The van der Waals surface area contributed by atoms with E-state index >= 15 is 0 Å². The number of aromatic nitrogens is 1. The molecule has 0 saturated carbocycles. The second kappa shape index (κ2) is 6.85. The minimum absolute atomic E-state index is 0.134. The topological polar surface area (TPSA) is 22.1 Å². The number of hydrogen-bond donors (Lipinski definition) is 0. The van der Waals surface area contributed by atoms with Gasteiger partial charge in [0, 0.05) is 30.1 Å². The van der Waals surface area contributed by atoms with Crippen molar-refractivity contribution in [3.63, 3.8) is 0 Å². The van der Waals surface area contributed by atoms with Crippen LogP contribution in [0.4, 0.5) is 0 Å². The van der Waals surface area contributed by atoms with Crippen molar-refractivity contribution >= 4 is 11.3 Å². The summed E-state index contributed by atoms with van der Waals surface area (Å²) >= 11 is 1.81. The molecule has 2 nitrogen and oxygen atoms in total. The standard InChI is InChI=1S/C22H31NOS/c1-21(2,3)17-11-16(12-18(13-17)22(4,5)6)19-14-25-20(23-19)15-7-9-24-10-8-15/h11-15H,7-10H2,1-6H3. The molecule has 1 aliphatic heterocycles. The molecule has 0 radical (unpaired) electrons. The van der Waals surface area contributed by atoms with Gasteiger partial charge in [0.05, 0.1) is 10.7 Å². The van der Waals surface area contributed by atoms with Gasteiger partial charge in [0.1, 0.15) is 0 Å². The van der Waals surface area contributed by atoms with E-state index in [9.17, 15) is 0 Å². The Bertz CT molecular complexity index is 695. The second-order valence-electron chi connectivity index (χ2n) is 9.26. The summed E-state index contributed by atoms with van der Waals surface area (Å²) in [7, 11) is 0. The molecule has 0 unspecified atom stereocenters. The average Bonchev–Trinajstić information content (AvgIpc) is 3.04. The molecular weight excluding hydrogens is 326 g/mol. The van der Waals surface area contributed by atoms with Crippen LogP contribution >= 0.6 is 11.3 Å². The van der Waals surface area contributed by atoms with Crippen LogP contribution in [0.2, 0.25) is 0 Å². The van der Waals surface area contributed by atoms with E-state index in [0.717, 1.165) is 31.7 Å². The largest absolute Gasteiger partial charge is 0.381 e. The van der Waals surface area contributed by atoms with Gasteiger partial charge in [0.2, 0.25) is 0 Å². The van der Waals surface area contributed by atoms with Crippen molar-refractivity contribution in [2.24, 2.45) is 0 Å². The highest BCUT2D eigenvalue weighted by Gasteiger charge is 2.23. The van der Waals surface area contributed by atoms with E-state index in [1.54, 1.807) is 0 Å². The van der Waals surface area contributed by atoms with Crippen LogP contribution in [0.25, 0.3) is 11.3 Å². The molecule has 0 aliphatic carbocycles. The number of ether oxygens (including phenoxy) is 1. The van der Waals surface area contributed by atoms with Gasteiger partial charge in [-0.15, -0.1) is 11.3 Å². The van der Waals surface area contributed by atoms with E-state index in [-0.39, 0.29) is 10.8 Å². The highest BCUT2D eigenvalue weighted by atomic mass is 32.1. The first-order valence-electron chi connectivity index (χ1n) is 9.34. The lowest BCUT2D eigenvalue weighted by Gasteiger charge is -2.26. The molecule has 136 valence electrons. The maximum Gasteiger partial charge on any atom is 0.0965 e. The normalized spacial score (nSPS) is 17.0. The molecule has 1 aliphatic rings. The first-order chi connectivity index (χ1) is 11.6. The minimum Gasteiger partial charge on any atom is -0.381 e. The summed E-state index contributed by atoms with van der Waals surface area (Å²) in [4.78, 5) is 5.01. The van der Waals surface area contributed by atoms with Gasteiger partial charge in [-0.3, -0.25) is 0 Å². The molecular formula is C22H31NOS. The summed E-state index contributed by atoms with van der Waals surface area (Å²) < 4.78 is 5.50. The van der Waals surface area contributed by atoms with E-state index in [4.69, 9.17) is 9.72 Å². The molecule has 0 bridgehead atoms. The zero-order chi connectivity index (χ0) is 18.2. The summed E-state index contributed by atoms with van der Waals surface area (Å²) in [6, 6.07) is 7.03. The predicted molar refractivity (Wildman–Crippen MR) is 108 cm³/mol. The van der Waals surface area contributed by atoms with Crippen molar-refractivity contribution in [2.75, 3.05) is 13.2 Å². The predicted octanol–water partition coefficient (Wildman–Crippen LogP) is 6.30. The van der Waals surface area contributed by atoms with Crippen LogP contribution < -0.4 is 0 Å². The van der Waals surface area contributed by atoms with Crippen LogP contribution in [-0.4, -0.2) is 18.2 Å². The number of nitrogens with zero attached hydrogens (tertiary/aromatic N) is 1. The van der Waals surface area contributed by atoms with E-state index in [1.165, 1.54) is 21.7 Å². The number of rotatable bonds is 2. The molecule has 1 aromatic carbocycles. The SMILES string of the molecule is CC(C)(C)c1cc(-c2csc(C3CCOCC3)n2)cc(C(C)(C)C)c1. The molecule has 3 rings (SSSR count). The monoisotopic (exact) mass is 357 g/mol. The van der Waals surface area contributed by atoms with Crippen LogP contribution in [0.1, 0.15) is 76.4 Å². The maximum absolute atomic E-state index is 5.50. The maximum atomic E-state index is 5.50. The van der Waals surface area contributed by atoms with Crippen LogP contribution in [-0.2, 0) is 15.6 Å². The Labute approximate surface area is 156 Å². The fraction of sp³-hybridized carbons (Fsp3) is 0.591. The Morgan fingerprint density at radius 1 is 0.920 bits per heavy atom. The first kappa shape index (κ1) is 18.6. The molecule has 2 heterocycles. The van der Waals surface area contributed by atoms with E-state index in [0.29, 0.717) is 5.92 Å². The zero-order valence-corrected chi connectivity index (χ0v) is 17.3. The second-order valence-corrected chi connectivity index (χ2v) is 10.1. The summed E-state index contributed by atoms with van der Waals surface area (Å²) in [5.74, 6) is 0.570. The third kappa shape index (κ3) is 4.32. The van der Waals surface area contributed by atoms with Crippen LogP contribution in [0.3, 0.4) is 0 Å². The van der Waals surface area contributed by atoms with Gasteiger partial charge in [-0.05, 0) is 46.9 Å². The van der Waals surface area contributed by atoms with Crippen molar-refractivity contribution in [2.45, 2.75) is 71.1 Å². The Morgan fingerprint density at radius 2 is 1.48 bits per heavy atom. The molecule has 0 amide bonds. The van der Waals surface area contributed by atoms with Gasteiger partial charge < -0.3 is 4.74 Å². The molecule has 1 aromatic heterocycles. The van der Waals surface area contributed by atoms with Crippen molar-refractivity contribution in [1.29, 1.82) is 0 Å². The quantitative estimate of drug-likeness (QED) is 0.629. The van der Waals surface area contributed by atoms with E-state index in [1.807, 2.05) is 11.3 Å². The number of hydrogen-bond acceptors (Lipinski definition) is 3. The Balaban J connectivity index is 2.00. The smallest absolute Gasteiger partial charge is 0.0965 e. The van der Waals surface area contributed by atoms with Crippen molar-refractivity contribution < 1.29 is 4.74 Å². The summed E-state index contributed by atoms with van der Waals surface area (Å²) in [6.45, 7) is 15.4. The minimum atomic E-state index is 0.134. The zero-order valence-electron chi connectivity index (χ0n) is 16.5. The van der Waals surface area contributed by atoms with Crippen LogP contribution in [0.15, 0.2) is 23.6 Å². The molecule has 0 N–H and O–H groups in total. The number of benzene rings is 1. The lowest BCUT2D eigenvalue weighted by atomic mass is 9.79. The molecule has 0 spiro atoms. The lowest BCUT2D eigenvalue weighted by molar-refractivity contribution is 0.0853. The third-order valence-corrected chi connectivity index (χ3v) is 6.06. The third-order valence-electron chi connectivity index (χ3n) is 5.05. The Morgan fingerprint density at radius 3 is 2.00 bits per heavy atom. The van der Waals surface area contributed by atoms with Gasteiger partial charge in [0.25, 0.3) is 0 Å². The van der Waals surface area contributed by atoms with Crippen molar-refractivity contribution in [3.8, 4) is 11.3 Å². The Kier molecular flexibility index (Phi) is 5.09. The molecule has 1 fully saturated rings. The van der Waals surface area contributed by atoms with Gasteiger partial charge in [-0.1, -0.05) is 47.6 Å². The average molecular weight is 358 g/mol. The summed E-state index contributed by atoms with van der Waals surface area (Å²) in [6.07, 6.45) is 2.20. The fourth-order valence-corrected chi connectivity index (χ4v) is 4.19. The van der Waals surface area contributed by atoms with Crippen molar-refractivity contribution in [3.05, 3.63) is 39.7 Å². The van der Waals surface area contributed by atoms with Gasteiger partial charge >= 0.3 is 0 Å². The first-order valence-corrected chi connectivity index (χ1v) is 10.2. The van der Waals surface area contributed by atoms with Crippen LogP contribution in [0.5, 0.6) is 0 Å². The Hall–Kier alpha value is -1.19. The molecule has 0 atom stereocenters. The highest BCUT2D eigenvalue weighted by Crippen LogP contribution is 2.36.